The Labute approximate surface area is 231 Å². The van der Waals surface area contributed by atoms with E-state index in [2.05, 4.69) is 55.4 Å². The van der Waals surface area contributed by atoms with Crippen molar-refractivity contribution in [2.24, 2.45) is 11.8 Å². The Balaban J connectivity index is 5.46. The van der Waals surface area contributed by atoms with Crippen LogP contribution in [0.2, 0.25) is 13.3 Å². The van der Waals surface area contributed by atoms with Crippen molar-refractivity contribution < 1.29 is 9.22 Å². The van der Waals surface area contributed by atoms with Crippen LogP contribution in [0.15, 0.2) is 0 Å². The molecule has 0 atom stereocenters. The number of unbranched alkanes of at least 4 members (excludes halogenated alkanes) is 4. The Morgan fingerprint density at radius 3 is 1.41 bits per heavy atom. The molecule has 5 heteroatoms. The Morgan fingerprint density at radius 1 is 0.588 bits per heavy atom. The predicted octanol–water partition coefficient (Wildman–Crippen LogP) is 9.72. The van der Waals surface area contributed by atoms with E-state index in [9.17, 15) is 0 Å². The van der Waals surface area contributed by atoms with E-state index in [-0.39, 0.29) is 5.60 Å². The average Bonchev–Trinajstić information content (AvgIpc) is 2.80. The molecule has 0 saturated heterocycles. The number of rotatable bonds is 25. The molecule has 0 aromatic rings. The van der Waals surface area contributed by atoms with Gasteiger partial charge in [0.2, 0.25) is 0 Å². The van der Waals surface area contributed by atoms with Gasteiger partial charge in [-0.3, -0.25) is 0 Å². The van der Waals surface area contributed by atoms with Gasteiger partial charge in [0.1, 0.15) is 0 Å². The van der Waals surface area contributed by atoms with Crippen molar-refractivity contribution in [3.8, 4) is 0 Å². The van der Waals surface area contributed by atoms with Crippen molar-refractivity contribution in [1.29, 1.82) is 0 Å². The normalized spacial score (nSPS) is 12.7. The van der Waals surface area contributed by atoms with Gasteiger partial charge < -0.3 is 0 Å². The van der Waals surface area contributed by atoms with Crippen molar-refractivity contribution >= 4 is 40.8 Å². The van der Waals surface area contributed by atoms with Crippen molar-refractivity contribution in [1.82, 2.24) is 0 Å². The van der Waals surface area contributed by atoms with Crippen LogP contribution in [0.4, 0.5) is 0 Å². The fraction of sp³-hybridized carbons (Fsp3) is 1.00. The molecule has 0 aliphatic carbocycles. The van der Waals surface area contributed by atoms with Crippen molar-refractivity contribution in [3.05, 3.63) is 0 Å². The zero-order chi connectivity index (χ0) is 25.7. The van der Waals surface area contributed by atoms with Crippen LogP contribution in [0.5, 0.6) is 0 Å². The van der Waals surface area contributed by atoms with E-state index >= 15 is 0 Å². The first-order valence-electron chi connectivity index (χ1n) is 15.0. The van der Waals surface area contributed by atoms with Crippen LogP contribution < -0.4 is 0 Å². The molecular formula is C29H62O3Sn2. The predicted molar refractivity (Wildman–Crippen MR) is 154 cm³/mol. The van der Waals surface area contributed by atoms with Crippen molar-refractivity contribution in [2.75, 3.05) is 13.2 Å². The molecule has 0 unspecified atom stereocenters. The molecule has 2 radical (unpaired) electrons. The van der Waals surface area contributed by atoms with Crippen LogP contribution in [0.3, 0.4) is 0 Å². The van der Waals surface area contributed by atoms with Gasteiger partial charge in [-0.05, 0) is 0 Å². The van der Waals surface area contributed by atoms with Crippen LogP contribution in [-0.4, -0.2) is 59.6 Å². The monoisotopic (exact) mass is 698 g/mol. The molecule has 0 N–H and O–H groups in total. The molecule has 0 bridgehead atoms. The topological polar surface area (TPSA) is 27.7 Å². The van der Waals surface area contributed by atoms with Gasteiger partial charge >= 0.3 is 233 Å². The molecule has 0 aromatic heterocycles. The summed E-state index contributed by atoms with van der Waals surface area (Å²) in [5, 5.41) is 0. The van der Waals surface area contributed by atoms with Crippen LogP contribution in [0.25, 0.3) is 0 Å². The van der Waals surface area contributed by atoms with E-state index in [0.29, 0.717) is 11.8 Å². The summed E-state index contributed by atoms with van der Waals surface area (Å²) in [5.41, 5.74) is 0.108. The van der Waals surface area contributed by atoms with Gasteiger partial charge in [-0.25, -0.2) is 0 Å². The van der Waals surface area contributed by atoms with E-state index in [0.717, 1.165) is 26.1 Å². The molecule has 3 nitrogen and oxygen atoms in total. The quantitative estimate of drug-likeness (QED) is 0.0891. The van der Waals surface area contributed by atoms with E-state index < -0.39 is 40.8 Å². The van der Waals surface area contributed by atoms with Gasteiger partial charge in [-0.2, -0.15) is 0 Å². The van der Waals surface area contributed by atoms with Gasteiger partial charge in [0, 0.05) is 0 Å². The van der Waals surface area contributed by atoms with Crippen LogP contribution >= 0.6 is 0 Å². The molecule has 0 rings (SSSR count). The molecule has 0 heterocycles. The zero-order valence-electron chi connectivity index (χ0n) is 24.6. The van der Waals surface area contributed by atoms with Gasteiger partial charge in [0.15, 0.2) is 0 Å². The maximum atomic E-state index is 7.40. The second-order valence-corrected chi connectivity index (χ2v) is 22.9. The summed E-state index contributed by atoms with van der Waals surface area (Å²) < 4.78 is 24.4. The molecule has 0 amide bonds. The molecule has 34 heavy (non-hydrogen) atoms. The van der Waals surface area contributed by atoms with E-state index in [1.807, 2.05) is 0 Å². The van der Waals surface area contributed by atoms with Crippen molar-refractivity contribution in [2.45, 2.75) is 158 Å². The van der Waals surface area contributed by atoms with Crippen LogP contribution in [0, 0.1) is 11.8 Å². The molecular weight excluding hydrogens is 634 g/mol. The fourth-order valence-corrected chi connectivity index (χ4v) is 17.2. The van der Waals surface area contributed by atoms with E-state index in [4.69, 9.17) is 9.22 Å². The third kappa shape index (κ3) is 19.6. The molecule has 0 aliphatic rings. The maximum absolute atomic E-state index is 7.40. The SMILES string of the molecule is CCC[CH2][Sn]([CH2]CCC)[O]C(CCCC)(CCCC)C[CH2][Sn]([O]CCC(C)C)[O]CCC(C)C. The first-order valence-corrected chi connectivity index (χ1v) is 24.5. The molecule has 0 saturated carbocycles. The summed E-state index contributed by atoms with van der Waals surface area (Å²) in [6.07, 6.45) is 16.5. The second-order valence-electron chi connectivity index (χ2n) is 11.2. The van der Waals surface area contributed by atoms with Gasteiger partial charge in [-0.1, -0.05) is 0 Å². The first-order chi connectivity index (χ1) is 16.3. The first kappa shape index (κ1) is 35.5. The average molecular weight is 696 g/mol. The standard InChI is InChI=1S/C11H22O.2C5H11O.2C4H9.2Sn/c1-4-7-9-11(12,6-3)10-8-5-2;2*1-5(2)3-4-6;2*1-3-4-2;;/h3-10H2,1-2H3;2*5H,3-4H2,1-2H3;2*1,3-4H2,2H3;;/q3*-1;;;+1;+2. The minimum atomic E-state index is -2.33. The molecule has 0 aliphatic heterocycles. The van der Waals surface area contributed by atoms with Gasteiger partial charge in [-0.15, -0.1) is 0 Å². The molecule has 204 valence electrons. The summed E-state index contributed by atoms with van der Waals surface area (Å²) >= 11 is -4.16. The van der Waals surface area contributed by atoms with E-state index in [1.54, 1.807) is 0 Å². The Kier molecular flexibility index (Phi) is 24.6. The Morgan fingerprint density at radius 2 is 1.03 bits per heavy atom. The van der Waals surface area contributed by atoms with Gasteiger partial charge in [0.25, 0.3) is 0 Å². The zero-order valence-corrected chi connectivity index (χ0v) is 30.3. The third-order valence-corrected chi connectivity index (χ3v) is 18.8. The summed E-state index contributed by atoms with van der Waals surface area (Å²) in [7, 11) is 0. The molecule has 0 spiro atoms. The van der Waals surface area contributed by atoms with Crippen molar-refractivity contribution in [3.63, 3.8) is 0 Å². The minimum absolute atomic E-state index is 0.108. The summed E-state index contributed by atoms with van der Waals surface area (Å²) in [4.78, 5) is 0. The summed E-state index contributed by atoms with van der Waals surface area (Å²) in [5.74, 6) is 1.39. The number of hydrogen-bond donors (Lipinski definition) is 0. The third-order valence-electron chi connectivity index (χ3n) is 6.65. The second kappa shape index (κ2) is 23.6. The number of hydrogen-bond acceptors (Lipinski definition) is 3. The van der Waals surface area contributed by atoms with Gasteiger partial charge in [0.05, 0.1) is 0 Å². The van der Waals surface area contributed by atoms with Crippen LogP contribution in [0.1, 0.15) is 139 Å². The van der Waals surface area contributed by atoms with Crippen LogP contribution in [-0.2, 0) is 9.22 Å². The Hall–Kier alpha value is 1.48. The Bertz CT molecular complexity index is 402. The molecule has 0 aromatic carbocycles. The summed E-state index contributed by atoms with van der Waals surface area (Å²) in [6, 6.07) is 0. The van der Waals surface area contributed by atoms with E-state index in [1.165, 1.54) is 83.9 Å². The molecule has 0 fully saturated rings. The fourth-order valence-electron chi connectivity index (χ4n) is 4.14. The summed E-state index contributed by atoms with van der Waals surface area (Å²) in [6.45, 7) is 20.3.